The lowest BCUT2D eigenvalue weighted by atomic mass is 10.1. The van der Waals surface area contributed by atoms with E-state index in [2.05, 4.69) is 26.1 Å². The monoisotopic (exact) mass is 235 g/mol. The summed E-state index contributed by atoms with van der Waals surface area (Å²) in [6.07, 6.45) is 1.30. The predicted octanol–water partition coefficient (Wildman–Crippen LogP) is 3.83. The van der Waals surface area contributed by atoms with Crippen molar-refractivity contribution in [3.05, 3.63) is 35.1 Å². The zero-order valence-electron chi connectivity index (χ0n) is 11.2. The van der Waals surface area contributed by atoms with Crippen molar-refractivity contribution in [2.45, 2.75) is 40.2 Å². The minimum Gasteiger partial charge on any atom is -0.310 e. The first kappa shape index (κ1) is 12.6. The summed E-state index contributed by atoms with van der Waals surface area (Å²) in [6, 6.07) is 5.73. The van der Waals surface area contributed by atoms with E-state index in [0.29, 0.717) is 11.0 Å². The molecule has 0 spiro atoms. The van der Waals surface area contributed by atoms with Gasteiger partial charge in [-0.2, -0.15) is 0 Å². The summed E-state index contributed by atoms with van der Waals surface area (Å²) in [5.41, 5.74) is 2.25. The predicted molar refractivity (Wildman–Crippen MR) is 69.4 cm³/mol. The molecule has 17 heavy (non-hydrogen) atoms. The number of hydrogen-bond donors (Lipinski definition) is 1. The van der Waals surface area contributed by atoms with Gasteiger partial charge in [0.2, 0.25) is 0 Å². The second kappa shape index (κ2) is 4.41. The van der Waals surface area contributed by atoms with Gasteiger partial charge in [0.25, 0.3) is 0 Å². The van der Waals surface area contributed by atoms with E-state index in [-0.39, 0.29) is 11.9 Å². The molecule has 1 aliphatic carbocycles. The Morgan fingerprint density at radius 2 is 2.12 bits per heavy atom. The molecule has 0 amide bonds. The number of nitrogens with one attached hydrogen (secondary N) is 1. The summed E-state index contributed by atoms with van der Waals surface area (Å²) in [7, 11) is 0. The van der Waals surface area contributed by atoms with Crippen LogP contribution in [0.3, 0.4) is 0 Å². The van der Waals surface area contributed by atoms with Crippen LogP contribution in [0.15, 0.2) is 18.2 Å². The first-order valence-corrected chi connectivity index (χ1v) is 6.39. The summed E-state index contributed by atoms with van der Waals surface area (Å²) >= 11 is 0. The summed E-state index contributed by atoms with van der Waals surface area (Å²) in [5, 5.41) is 3.50. The third-order valence-corrected chi connectivity index (χ3v) is 4.08. The second-order valence-electron chi connectivity index (χ2n) is 6.03. The van der Waals surface area contributed by atoms with Crippen LogP contribution in [0.2, 0.25) is 0 Å². The normalized spacial score (nSPS) is 23.5. The maximum atomic E-state index is 13.4. The Labute approximate surface area is 103 Å². The van der Waals surface area contributed by atoms with Crippen molar-refractivity contribution in [3.8, 4) is 0 Å². The minimum absolute atomic E-state index is 0.108. The van der Waals surface area contributed by atoms with Crippen LogP contribution in [0.5, 0.6) is 0 Å². The molecule has 1 fully saturated rings. The lowest BCUT2D eigenvalue weighted by molar-refractivity contribution is 0.483. The van der Waals surface area contributed by atoms with Gasteiger partial charge < -0.3 is 5.32 Å². The van der Waals surface area contributed by atoms with Crippen molar-refractivity contribution in [2.24, 2.45) is 11.3 Å². The molecule has 0 radical (unpaired) electrons. The highest BCUT2D eigenvalue weighted by molar-refractivity contribution is 5.25. The van der Waals surface area contributed by atoms with Crippen molar-refractivity contribution >= 4 is 0 Å². The summed E-state index contributed by atoms with van der Waals surface area (Å²) in [5.74, 6) is 0.670. The van der Waals surface area contributed by atoms with Gasteiger partial charge in [0.15, 0.2) is 0 Å². The largest absolute Gasteiger partial charge is 0.310 e. The number of hydrogen-bond acceptors (Lipinski definition) is 1. The molecule has 1 aromatic carbocycles. The quantitative estimate of drug-likeness (QED) is 0.836. The SMILES string of the molecule is Cc1ccc(C(C)NCC2CC2(C)C)cc1F. The molecule has 0 heterocycles. The summed E-state index contributed by atoms with van der Waals surface area (Å²) in [6.45, 7) is 9.53. The molecule has 1 aliphatic rings. The second-order valence-corrected chi connectivity index (χ2v) is 6.03. The topological polar surface area (TPSA) is 12.0 Å². The summed E-state index contributed by atoms with van der Waals surface area (Å²) < 4.78 is 13.4. The number of rotatable bonds is 4. The standard InChI is InChI=1S/C15H22FN/c1-10-5-6-12(7-14(10)16)11(2)17-9-13-8-15(13,3)4/h5-7,11,13,17H,8-9H2,1-4H3. The highest BCUT2D eigenvalue weighted by atomic mass is 19.1. The molecule has 0 saturated heterocycles. The van der Waals surface area contributed by atoms with Crippen molar-refractivity contribution in [1.29, 1.82) is 0 Å². The van der Waals surface area contributed by atoms with Crippen LogP contribution in [0.1, 0.15) is 44.4 Å². The van der Waals surface area contributed by atoms with Crippen LogP contribution in [0.4, 0.5) is 4.39 Å². The number of benzene rings is 1. The zero-order chi connectivity index (χ0) is 12.6. The maximum Gasteiger partial charge on any atom is 0.126 e. The third-order valence-electron chi connectivity index (χ3n) is 4.08. The van der Waals surface area contributed by atoms with E-state index in [0.717, 1.165) is 18.0 Å². The number of aryl methyl sites for hydroxylation is 1. The van der Waals surface area contributed by atoms with E-state index < -0.39 is 0 Å². The molecule has 2 rings (SSSR count). The third kappa shape index (κ3) is 2.86. The van der Waals surface area contributed by atoms with Crippen LogP contribution < -0.4 is 5.32 Å². The van der Waals surface area contributed by atoms with Crippen molar-refractivity contribution in [1.82, 2.24) is 5.32 Å². The van der Waals surface area contributed by atoms with E-state index in [1.54, 1.807) is 13.0 Å². The maximum absolute atomic E-state index is 13.4. The van der Waals surface area contributed by atoms with E-state index in [1.165, 1.54) is 6.42 Å². The Bertz CT molecular complexity index is 411. The first-order chi connectivity index (χ1) is 7.90. The molecule has 2 unspecified atom stereocenters. The Kier molecular flexibility index (Phi) is 3.26. The van der Waals surface area contributed by atoms with Crippen LogP contribution in [-0.4, -0.2) is 6.54 Å². The fourth-order valence-corrected chi connectivity index (χ4v) is 2.24. The molecule has 0 aromatic heterocycles. The molecule has 1 N–H and O–H groups in total. The smallest absolute Gasteiger partial charge is 0.126 e. The lowest BCUT2D eigenvalue weighted by Gasteiger charge is -2.15. The van der Waals surface area contributed by atoms with Crippen LogP contribution in [0.25, 0.3) is 0 Å². The van der Waals surface area contributed by atoms with Gasteiger partial charge in [-0.25, -0.2) is 4.39 Å². The molecule has 2 atom stereocenters. The molecular weight excluding hydrogens is 213 g/mol. The van der Waals surface area contributed by atoms with Gasteiger partial charge in [-0.1, -0.05) is 26.0 Å². The van der Waals surface area contributed by atoms with E-state index in [1.807, 2.05) is 12.1 Å². The van der Waals surface area contributed by atoms with Gasteiger partial charge in [-0.05, 0) is 55.3 Å². The average molecular weight is 235 g/mol. The van der Waals surface area contributed by atoms with Crippen molar-refractivity contribution < 1.29 is 4.39 Å². The van der Waals surface area contributed by atoms with Crippen molar-refractivity contribution in [3.63, 3.8) is 0 Å². The average Bonchev–Trinajstić information content (AvgIpc) is 2.87. The zero-order valence-corrected chi connectivity index (χ0v) is 11.2. The van der Waals surface area contributed by atoms with Crippen LogP contribution in [0, 0.1) is 24.1 Å². The van der Waals surface area contributed by atoms with E-state index >= 15 is 0 Å². The van der Waals surface area contributed by atoms with Gasteiger partial charge >= 0.3 is 0 Å². The molecule has 0 aliphatic heterocycles. The molecule has 1 aromatic rings. The van der Waals surface area contributed by atoms with E-state index in [9.17, 15) is 4.39 Å². The van der Waals surface area contributed by atoms with Gasteiger partial charge in [0.1, 0.15) is 5.82 Å². The Morgan fingerprint density at radius 1 is 1.47 bits per heavy atom. The molecule has 2 heteroatoms. The Morgan fingerprint density at radius 3 is 2.65 bits per heavy atom. The Balaban J connectivity index is 1.91. The van der Waals surface area contributed by atoms with Crippen molar-refractivity contribution in [2.75, 3.05) is 6.54 Å². The van der Waals surface area contributed by atoms with E-state index in [4.69, 9.17) is 0 Å². The summed E-state index contributed by atoms with van der Waals surface area (Å²) in [4.78, 5) is 0. The van der Waals surface area contributed by atoms with Crippen LogP contribution >= 0.6 is 0 Å². The highest BCUT2D eigenvalue weighted by Crippen LogP contribution is 2.51. The molecule has 1 nitrogen and oxygen atoms in total. The molecule has 0 bridgehead atoms. The lowest BCUT2D eigenvalue weighted by Crippen LogP contribution is -2.22. The van der Waals surface area contributed by atoms with Crippen LogP contribution in [-0.2, 0) is 0 Å². The Hall–Kier alpha value is -0.890. The van der Waals surface area contributed by atoms with Gasteiger partial charge in [0.05, 0.1) is 0 Å². The fraction of sp³-hybridized carbons (Fsp3) is 0.600. The fourth-order valence-electron chi connectivity index (χ4n) is 2.24. The highest BCUT2D eigenvalue weighted by Gasteiger charge is 2.44. The number of halogens is 1. The first-order valence-electron chi connectivity index (χ1n) is 6.39. The molecule has 94 valence electrons. The van der Waals surface area contributed by atoms with Gasteiger partial charge in [-0.15, -0.1) is 0 Å². The van der Waals surface area contributed by atoms with Gasteiger partial charge in [0, 0.05) is 6.04 Å². The van der Waals surface area contributed by atoms with Gasteiger partial charge in [-0.3, -0.25) is 0 Å². The minimum atomic E-state index is -0.108. The molecule has 1 saturated carbocycles. The molecular formula is C15H22FN.